The minimum Gasteiger partial charge on any atom is -0.301 e. The Bertz CT molecular complexity index is 336. The number of likely N-dealkylation sites (tertiary alicyclic amines) is 1. The molecule has 1 saturated heterocycles. The number of Topliss-reactive ketones (excluding diaryl/α,β-unsaturated/α-hetero) is 1. The predicted molar refractivity (Wildman–Crippen MR) is 83.9 cm³/mol. The zero-order valence-electron chi connectivity index (χ0n) is 13.8. The van der Waals surface area contributed by atoms with E-state index in [9.17, 15) is 4.79 Å². The number of carbonyl (C=O) groups excluding carboxylic acids is 1. The van der Waals surface area contributed by atoms with Gasteiger partial charge >= 0.3 is 0 Å². The predicted octanol–water partition coefficient (Wildman–Crippen LogP) is 2.80. The van der Waals surface area contributed by atoms with E-state index in [1.807, 2.05) is 0 Å². The smallest absolute Gasteiger partial charge is 0.142 e. The number of carbonyl (C=O) groups is 1. The molecule has 0 radical (unpaired) electrons. The molecule has 116 valence electrons. The molecule has 0 aromatic rings. The van der Waals surface area contributed by atoms with Crippen molar-refractivity contribution in [2.45, 2.75) is 59.4 Å². The Kier molecular flexibility index (Phi) is 5.25. The van der Waals surface area contributed by atoms with E-state index in [0.717, 1.165) is 39.0 Å². The fourth-order valence-electron chi connectivity index (χ4n) is 4.10. The summed E-state index contributed by atoms with van der Waals surface area (Å²) in [4.78, 5) is 17.6. The van der Waals surface area contributed by atoms with Crippen molar-refractivity contribution in [1.82, 2.24) is 9.80 Å². The van der Waals surface area contributed by atoms with Crippen LogP contribution >= 0.6 is 0 Å². The van der Waals surface area contributed by atoms with E-state index in [0.29, 0.717) is 11.8 Å². The molecule has 1 heterocycles. The summed E-state index contributed by atoms with van der Waals surface area (Å²) in [6.45, 7) is 14.4. The van der Waals surface area contributed by atoms with Crippen LogP contribution in [-0.4, -0.2) is 54.3 Å². The zero-order valence-corrected chi connectivity index (χ0v) is 13.8. The number of rotatable bonds is 5. The molecular formula is C17H32N2O. The summed E-state index contributed by atoms with van der Waals surface area (Å²) in [6.07, 6.45) is 4.67. The highest BCUT2D eigenvalue weighted by molar-refractivity contribution is 5.87. The van der Waals surface area contributed by atoms with E-state index in [4.69, 9.17) is 0 Å². The maximum absolute atomic E-state index is 12.5. The zero-order chi connectivity index (χ0) is 14.8. The standard InChI is InChI=1S/C17H32N2O/c1-5-19(6-2)15-9-11-18(13-15)12-14-8-7-10-17(3,4)16(14)20/h14-15H,5-13H2,1-4H3. The number of likely N-dealkylation sites (N-methyl/N-ethyl adjacent to an activating group) is 1. The van der Waals surface area contributed by atoms with Crippen molar-refractivity contribution in [3.8, 4) is 0 Å². The van der Waals surface area contributed by atoms with Crippen LogP contribution in [-0.2, 0) is 4.79 Å². The lowest BCUT2D eigenvalue weighted by molar-refractivity contribution is -0.134. The van der Waals surface area contributed by atoms with E-state index in [-0.39, 0.29) is 11.3 Å². The van der Waals surface area contributed by atoms with Crippen LogP contribution in [0.2, 0.25) is 0 Å². The summed E-state index contributed by atoms with van der Waals surface area (Å²) in [7, 11) is 0. The lowest BCUT2D eigenvalue weighted by Gasteiger charge is -2.35. The van der Waals surface area contributed by atoms with Crippen molar-refractivity contribution in [1.29, 1.82) is 0 Å². The average molecular weight is 280 g/mol. The second kappa shape index (κ2) is 6.57. The molecule has 20 heavy (non-hydrogen) atoms. The Balaban J connectivity index is 1.87. The van der Waals surface area contributed by atoms with Crippen LogP contribution in [0.3, 0.4) is 0 Å². The monoisotopic (exact) mass is 280 g/mol. The molecule has 0 bridgehead atoms. The highest BCUT2D eigenvalue weighted by Crippen LogP contribution is 2.36. The first-order valence-electron chi connectivity index (χ1n) is 8.48. The van der Waals surface area contributed by atoms with E-state index in [1.165, 1.54) is 19.4 Å². The minimum absolute atomic E-state index is 0.0824. The molecule has 2 unspecified atom stereocenters. The van der Waals surface area contributed by atoms with Crippen molar-refractivity contribution >= 4 is 5.78 Å². The molecule has 0 aromatic heterocycles. The summed E-state index contributed by atoms with van der Waals surface area (Å²) in [6, 6.07) is 0.705. The normalized spacial score (nSPS) is 31.1. The van der Waals surface area contributed by atoms with Crippen molar-refractivity contribution in [3.63, 3.8) is 0 Å². The lowest BCUT2D eigenvalue weighted by atomic mass is 9.71. The van der Waals surface area contributed by atoms with Gasteiger partial charge in [0.15, 0.2) is 0 Å². The molecule has 2 rings (SSSR count). The van der Waals surface area contributed by atoms with Crippen LogP contribution in [0.1, 0.15) is 53.4 Å². The molecule has 2 aliphatic rings. The third kappa shape index (κ3) is 3.43. The van der Waals surface area contributed by atoms with Gasteiger partial charge in [0.05, 0.1) is 0 Å². The molecule has 0 spiro atoms. The van der Waals surface area contributed by atoms with Gasteiger partial charge in [0.2, 0.25) is 0 Å². The van der Waals surface area contributed by atoms with E-state index >= 15 is 0 Å². The molecule has 2 atom stereocenters. The Morgan fingerprint density at radius 3 is 2.60 bits per heavy atom. The largest absolute Gasteiger partial charge is 0.301 e. The quantitative estimate of drug-likeness (QED) is 0.773. The summed E-state index contributed by atoms with van der Waals surface area (Å²) in [5.74, 6) is 0.796. The molecule has 3 nitrogen and oxygen atoms in total. The summed E-state index contributed by atoms with van der Waals surface area (Å²) in [5, 5.41) is 0. The van der Waals surface area contributed by atoms with Gasteiger partial charge in [-0.3, -0.25) is 9.69 Å². The van der Waals surface area contributed by atoms with Gasteiger partial charge in [0.25, 0.3) is 0 Å². The second-order valence-corrected chi connectivity index (χ2v) is 7.26. The van der Waals surface area contributed by atoms with Crippen LogP contribution in [0.4, 0.5) is 0 Å². The van der Waals surface area contributed by atoms with Crippen molar-refractivity contribution in [3.05, 3.63) is 0 Å². The molecule has 0 amide bonds. The lowest BCUT2D eigenvalue weighted by Crippen LogP contribution is -2.42. The topological polar surface area (TPSA) is 23.6 Å². The fourth-order valence-corrected chi connectivity index (χ4v) is 4.10. The molecule has 0 N–H and O–H groups in total. The van der Waals surface area contributed by atoms with Crippen LogP contribution in [0.5, 0.6) is 0 Å². The van der Waals surface area contributed by atoms with Gasteiger partial charge in [0.1, 0.15) is 5.78 Å². The van der Waals surface area contributed by atoms with Gasteiger partial charge in [-0.25, -0.2) is 0 Å². The van der Waals surface area contributed by atoms with Gasteiger partial charge in [0, 0.05) is 30.5 Å². The van der Waals surface area contributed by atoms with Crippen molar-refractivity contribution < 1.29 is 4.79 Å². The highest BCUT2D eigenvalue weighted by Gasteiger charge is 2.38. The highest BCUT2D eigenvalue weighted by atomic mass is 16.1. The van der Waals surface area contributed by atoms with E-state index < -0.39 is 0 Å². The molecule has 1 aliphatic carbocycles. The van der Waals surface area contributed by atoms with Gasteiger partial charge < -0.3 is 4.90 Å². The molecule has 0 aromatic carbocycles. The van der Waals surface area contributed by atoms with Crippen LogP contribution in [0, 0.1) is 11.3 Å². The second-order valence-electron chi connectivity index (χ2n) is 7.26. The molecule has 3 heteroatoms. The number of nitrogens with zero attached hydrogens (tertiary/aromatic N) is 2. The number of ketones is 1. The van der Waals surface area contributed by atoms with Gasteiger partial charge in [-0.05, 0) is 38.9 Å². The number of hydrogen-bond donors (Lipinski definition) is 0. The van der Waals surface area contributed by atoms with E-state index in [1.54, 1.807) is 0 Å². The average Bonchev–Trinajstić information content (AvgIpc) is 2.85. The van der Waals surface area contributed by atoms with Crippen LogP contribution in [0.15, 0.2) is 0 Å². The summed E-state index contributed by atoms with van der Waals surface area (Å²) < 4.78 is 0. The van der Waals surface area contributed by atoms with Crippen LogP contribution < -0.4 is 0 Å². The Morgan fingerprint density at radius 1 is 1.25 bits per heavy atom. The van der Waals surface area contributed by atoms with Gasteiger partial charge in [-0.2, -0.15) is 0 Å². The Labute approximate surface area is 124 Å². The molecule has 1 aliphatic heterocycles. The summed E-state index contributed by atoms with van der Waals surface area (Å²) >= 11 is 0. The van der Waals surface area contributed by atoms with Crippen molar-refractivity contribution in [2.75, 3.05) is 32.7 Å². The first kappa shape index (κ1) is 16.0. The molecular weight excluding hydrogens is 248 g/mol. The third-order valence-corrected chi connectivity index (χ3v) is 5.45. The first-order valence-corrected chi connectivity index (χ1v) is 8.48. The summed E-state index contributed by atoms with van der Waals surface area (Å²) in [5.41, 5.74) is -0.0824. The number of hydrogen-bond acceptors (Lipinski definition) is 3. The maximum atomic E-state index is 12.5. The Hall–Kier alpha value is -0.410. The Morgan fingerprint density at radius 2 is 1.95 bits per heavy atom. The molecule has 2 fully saturated rings. The van der Waals surface area contributed by atoms with E-state index in [2.05, 4.69) is 37.5 Å². The maximum Gasteiger partial charge on any atom is 0.142 e. The molecule has 1 saturated carbocycles. The van der Waals surface area contributed by atoms with Crippen molar-refractivity contribution in [2.24, 2.45) is 11.3 Å². The third-order valence-electron chi connectivity index (χ3n) is 5.45. The first-order chi connectivity index (χ1) is 9.47. The van der Waals surface area contributed by atoms with Gasteiger partial charge in [-0.1, -0.05) is 34.1 Å². The SMILES string of the molecule is CCN(CC)C1CCN(CC2CCCC(C)(C)C2=O)C1. The van der Waals surface area contributed by atoms with Crippen LogP contribution in [0.25, 0.3) is 0 Å². The minimum atomic E-state index is -0.0824. The fraction of sp³-hybridized carbons (Fsp3) is 0.941. The van der Waals surface area contributed by atoms with Gasteiger partial charge in [-0.15, -0.1) is 0 Å².